The van der Waals surface area contributed by atoms with E-state index in [2.05, 4.69) is 6.72 Å². The standard InChI is InChI=1S/C9H11NO2.C9H10O3.CH3N/c2*10-8-4-1-7(2-5-8)3-6-9(11)12;1-2/h1-2,4-5H,3,6,10H2,(H,11,12);1-2,4-5,10H,3,6H2,(H,11,12);2H,1H2. The van der Waals surface area contributed by atoms with Crippen molar-refractivity contribution in [2.45, 2.75) is 25.7 Å². The normalized spacial score (nSPS) is 9.08. The average molecular weight is 360 g/mol. The van der Waals surface area contributed by atoms with E-state index in [0.29, 0.717) is 18.5 Å². The monoisotopic (exact) mass is 360 g/mol. The number of phenols is 1. The van der Waals surface area contributed by atoms with Gasteiger partial charge >= 0.3 is 11.9 Å². The van der Waals surface area contributed by atoms with Gasteiger partial charge in [-0.3, -0.25) is 9.59 Å². The van der Waals surface area contributed by atoms with E-state index in [1.807, 2.05) is 12.1 Å². The summed E-state index contributed by atoms with van der Waals surface area (Å²) in [6.07, 6.45) is 1.37. The largest absolute Gasteiger partial charge is 0.508 e. The summed E-state index contributed by atoms with van der Waals surface area (Å²) in [7, 11) is 0. The molecule has 7 nitrogen and oxygen atoms in total. The van der Waals surface area contributed by atoms with Crippen LogP contribution in [0.25, 0.3) is 0 Å². The second-order valence-corrected chi connectivity index (χ2v) is 5.20. The third-order valence-corrected chi connectivity index (χ3v) is 3.17. The minimum absolute atomic E-state index is 0.130. The Kier molecular flexibility index (Phi) is 11.3. The van der Waals surface area contributed by atoms with E-state index < -0.39 is 11.9 Å². The Bertz CT molecular complexity index is 610. The molecule has 0 heterocycles. The molecule has 0 bridgehead atoms. The van der Waals surface area contributed by atoms with Crippen molar-refractivity contribution in [3.63, 3.8) is 0 Å². The lowest BCUT2D eigenvalue weighted by Gasteiger charge is -1.98. The van der Waals surface area contributed by atoms with Gasteiger partial charge in [-0.15, -0.1) is 0 Å². The number of hydrogen-bond acceptors (Lipinski definition) is 5. The maximum Gasteiger partial charge on any atom is 0.303 e. The molecule has 0 atom stereocenters. The van der Waals surface area contributed by atoms with E-state index in [1.165, 1.54) is 0 Å². The summed E-state index contributed by atoms with van der Waals surface area (Å²) in [5.41, 5.74) is 8.10. The molecule has 0 fully saturated rings. The number of nitrogens with one attached hydrogen (secondary N) is 1. The van der Waals surface area contributed by atoms with Crippen LogP contribution >= 0.6 is 0 Å². The topological polar surface area (TPSA) is 145 Å². The Morgan fingerprint density at radius 1 is 0.808 bits per heavy atom. The predicted molar refractivity (Wildman–Crippen MR) is 101 cm³/mol. The number of phenolic OH excluding ortho intramolecular Hbond substituents is 1. The number of nitrogens with two attached hydrogens (primary N) is 1. The second-order valence-electron chi connectivity index (χ2n) is 5.20. The van der Waals surface area contributed by atoms with Crippen LogP contribution in [-0.2, 0) is 22.4 Å². The van der Waals surface area contributed by atoms with Gasteiger partial charge in [0.2, 0.25) is 0 Å². The van der Waals surface area contributed by atoms with Crippen LogP contribution in [-0.4, -0.2) is 34.0 Å². The molecule has 0 saturated carbocycles. The number of benzene rings is 2. The molecule has 0 unspecified atom stereocenters. The Balaban J connectivity index is 0.000000439. The predicted octanol–water partition coefficient (Wildman–Crippen LogP) is 2.96. The molecule has 0 aliphatic heterocycles. The number of rotatable bonds is 6. The van der Waals surface area contributed by atoms with Crippen molar-refractivity contribution < 1.29 is 24.9 Å². The summed E-state index contributed by atoms with van der Waals surface area (Å²) in [5.74, 6) is -1.37. The van der Waals surface area contributed by atoms with Gasteiger partial charge in [-0.2, -0.15) is 0 Å². The van der Waals surface area contributed by atoms with Crippen molar-refractivity contribution in [3.05, 3.63) is 59.7 Å². The fraction of sp³-hybridized carbons (Fsp3) is 0.211. The van der Waals surface area contributed by atoms with Gasteiger partial charge in [0.15, 0.2) is 0 Å². The summed E-state index contributed by atoms with van der Waals surface area (Å²) in [5, 5.41) is 31.2. The van der Waals surface area contributed by atoms with Crippen LogP contribution in [0.4, 0.5) is 5.69 Å². The van der Waals surface area contributed by atoms with Crippen LogP contribution in [0.5, 0.6) is 5.75 Å². The first kappa shape index (κ1) is 22.6. The quantitative estimate of drug-likeness (QED) is 0.395. The lowest BCUT2D eigenvalue weighted by molar-refractivity contribution is -0.138. The average Bonchev–Trinajstić information content (AvgIpc) is 2.63. The minimum atomic E-state index is -0.803. The highest BCUT2D eigenvalue weighted by Gasteiger charge is 1.98. The van der Waals surface area contributed by atoms with Gasteiger partial charge in [0.25, 0.3) is 0 Å². The summed E-state index contributed by atoms with van der Waals surface area (Å²) < 4.78 is 0. The molecule has 2 aromatic carbocycles. The first-order chi connectivity index (χ1) is 12.4. The van der Waals surface area contributed by atoms with Crippen LogP contribution < -0.4 is 5.73 Å². The van der Waals surface area contributed by atoms with Gasteiger partial charge in [0.05, 0.1) is 0 Å². The van der Waals surface area contributed by atoms with E-state index in [0.717, 1.165) is 11.1 Å². The van der Waals surface area contributed by atoms with E-state index in [4.69, 9.17) is 26.5 Å². The van der Waals surface area contributed by atoms with Crippen molar-refractivity contribution in [1.29, 1.82) is 5.41 Å². The SMILES string of the molecule is C=N.Nc1ccc(CCC(=O)O)cc1.O=C(O)CCc1ccc(O)cc1. The number of aliphatic carboxylic acids is 2. The number of aromatic hydroxyl groups is 1. The van der Waals surface area contributed by atoms with Gasteiger partial charge in [-0.1, -0.05) is 24.3 Å². The van der Waals surface area contributed by atoms with Crippen LogP contribution in [0.1, 0.15) is 24.0 Å². The Labute approximate surface area is 152 Å². The lowest BCUT2D eigenvalue weighted by atomic mass is 10.1. The molecule has 6 N–H and O–H groups in total. The van der Waals surface area contributed by atoms with Crippen molar-refractivity contribution in [1.82, 2.24) is 0 Å². The third kappa shape index (κ3) is 11.2. The van der Waals surface area contributed by atoms with Crippen molar-refractivity contribution >= 4 is 24.3 Å². The van der Waals surface area contributed by atoms with E-state index in [9.17, 15) is 9.59 Å². The Morgan fingerprint density at radius 2 is 1.15 bits per heavy atom. The maximum absolute atomic E-state index is 10.2. The van der Waals surface area contributed by atoms with Crippen LogP contribution in [0.3, 0.4) is 0 Å². The summed E-state index contributed by atoms with van der Waals surface area (Å²) in [6.45, 7) is 2.50. The van der Waals surface area contributed by atoms with Crippen molar-refractivity contribution in [2.24, 2.45) is 0 Å². The fourth-order valence-corrected chi connectivity index (χ4v) is 1.85. The number of carboxylic acid groups (broad SMARTS) is 2. The van der Waals surface area contributed by atoms with Gasteiger partial charge in [0.1, 0.15) is 5.75 Å². The molecule has 0 radical (unpaired) electrons. The molecule has 2 aromatic rings. The minimum Gasteiger partial charge on any atom is -0.508 e. The van der Waals surface area contributed by atoms with Gasteiger partial charge in [-0.25, -0.2) is 0 Å². The second kappa shape index (κ2) is 13.0. The smallest absolute Gasteiger partial charge is 0.303 e. The summed E-state index contributed by atoms with van der Waals surface area (Å²) in [6, 6.07) is 13.8. The lowest BCUT2D eigenvalue weighted by Crippen LogP contribution is -1.97. The van der Waals surface area contributed by atoms with Crippen LogP contribution in [0, 0.1) is 5.41 Å². The molecule has 0 spiro atoms. The van der Waals surface area contributed by atoms with Gasteiger partial charge in [0, 0.05) is 18.5 Å². The Morgan fingerprint density at radius 3 is 1.50 bits per heavy atom. The summed E-state index contributed by atoms with van der Waals surface area (Å²) >= 11 is 0. The molecule has 2 rings (SSSR count). The first-order valence-corrected chi connectivity index (χ1v) is 7.78. The number of hydrogen-bond donors (Lipinski definition) is 5. The molecule has 0 aromatic heterocycles. The van der Waals surface area contributed by atoms with Crippen molar-refractivity contribution in [3.8, 4) is 5.75 Å². The third-order valence-electron chi connectivity index (χ3n) is 3.17. The maximum atomic E-state index is 10.2. The van der Waals surface area contributed by atoms with Gasteiger partial charge in [-0.05, 0) is 55.0 Å². The van der Waals surface area contributed by atoms with Crippen LogP contribution in [0.15, 0.2) is 48.5 Å². The molecule has 0 saturated heterocycles. The number of aryl methyl sites for hydroxylation is 2. The van der Waals surface area contributed by atoms with Crippen molar-refractivity contribution in [2.75, 3.05) is 5.73 Å². The number of nitrogen functional groups attached to an aromatic ring is 1. The molecule has 0 aliphatic carbocycles. The van der Waals surface area contributed by atoms with E-state index in [1.54, 1.807) is 36.4 Å². The number of anilines is 1. The van der Waals surface area contributed by atoms with Crippen LogP contribution in [0.2, 0.25) is 0 Å². The fourth-order valence-electron chi connectivity index (χ4n) is 1.85. The molecular weight excluding hydrogens is 336 g/mol. The Hall–Kier alpha value is -3.35. The van der Waals surface area contributed by atoms with E-state index >= 15 is 0 Å². The zero-order chi connectivity index (χ0) is 19.9. The highest BCUT2D eigenvalue weighted by atomic mass is 16.4. The first-order valence-electron chi connectivity index (χ1n) is 7.78. The molecular formula is C19H24N2O5. The molecule has 0 aliphatic rings. The van der Waals surface area contributed by atoms with Gasteiger partial charge < -0.3 is 26.5 Å². The molecule has 0 amide bonds. The number of carboxylic acids is 2. The highest BCUT2D eigenvalue weighted by molar-refractivity contribution is 5.67. The molecule has 7 heteroatoms. The number of carbonyl (C=O) groups is 2. The van der Waals surface area contributed by atoms with E-state index in [-0.39, 0.29) is 18.6 Å². The summed E-state index contributed by atoms with van der Waals surface area (Å²) in [4.78, 5) is 20.4. The highest BCUT2D eigenvalue weighted by Crippen LogP contribution is 2.10. The zero-order valence-corrected chi connectivity index (χ0v) is 14.4. The molecule has 26 heavy (non-hydrogen) atoms. The molecule has 140 valence electrons. The zero-order valence-electron chi connectivity index (χ0n) is 14.4.